The van der Waals surface area contributed by atoms with Crippen molar-refractivity contribution in [2.24, 2.45) is 0 Å². The molecular formula is C20H29N5S2. The van der Waals surface area contributed by atoms with E-state index in [1.807, 2.05) is 11.3 Å². The van der Waals surface area contributed by atoms with Crippen LogP contribution in [0.1, 0.15) is 49.4 Å². The summed E-state index contributed by atoms with van der Waals surface area (Å²) in [5, 5.41) is 5.59. The molecule has 3 heterocycles. The first-order valence-electron chi connectivity index (χ1n) is 10.3. The maximum Gasteiger partial charge on any atom is 0.169 e. The molecule has 1 N–H and O–H groups in total. The Morgan fingerprint density at radius 3 is 2.63 bits per heavy atom. The highest BCUT2D eigenvalue weighted by atomic mass is 32.1. The highest BCUT2D eigenvalue weighted by Gasteiger charge is 2.26. The van der Waals surface area contributed by atoms with E-state index >= 15 is 0 Å². The fraction of sp³-hybridized carbons (Fsp3) is 0.650. The minimum Gasteiger partial charge on any atom is -0.363 e. The first-order chi connectivity index (χ1) is 13.2. The number of hydrogen-bond acceptors (Lipinski definition) is 5. The predicted octanol–water partition coefficient (Wildman–Crippen LogP) is 3.54. The number of aromatic nitrogens is 2. The fourth-order valence-electron chi connectivity index (χ4n) is 4.03. The maximum atomic E-state index is 5.55. The molecule has 1 saturated heterocycles. The molecule has 4 rings (SSSR count). The van der Waals surface area contributed by atoms with Crippen LogP contribution in [0, 0.1) is 0 Å². The lowest BCUT2D eigenvalue weighted by atomic mass is 9.97. The van der Waals surface area contributed by atoms with Gasteiger partial charge in [-0.3, -0.25) is 0 Å². The number of hydrogen-bond donors (Lipinski definition) is 1. The number of piperazine rings is 1. The Bertz CT molecular complexity index is 823. The van der Waals surface area contributed by atoms with Crippen LogP contribution in [0.25, 0.3) is 10.2 Å². The third-order valence-electron chi connectivity index (χ3n) is 5.55. The molecule has 1 fully saturated rings. The summed E-state index contributed by atoms with van der Waals surface area (Å²) in [6, 6.07) is 0. The Morgan fingerprint density at radius 1 is 1.11 bits per heavy atom. The molecule has 2 aromatic heterocycles. The molecule has 5 nitrogen and oxygen atoms in total. The van der Waals surface area contributed by atoms with Gasteiger partial charge in [-0.1, -0.05) is 13.8 Å². The van der Waals surface area contributed by atoms with Crippen LogP contribution in [0.15, 0.2) is 0 Å². The van der Waals surface area contributed by atoms with Crippen LogP contribution in [0.3, 0.4) is 0 Å². The zero-order valence-corrected chi connectivity index (χ0v) is 18.0. The average molecular weight is 404 g/mol. The van der Waals surface area contributed by atoms with Crippen molar-refractivity contribution in [3.63, 3.8) is 0 Å². The quantitative estimate of drug-likeness (QED) is 0.788. The molecule has 0 saturated carbocycles. The SMILES string of the molecule is CCCNC(=S)N1CCN(c2nc(CC)nc3sc4c(c23)CCCC4)CC1. The molecule has 0 spiro atoms. The zero-order valence-electron chi connectivity index (χ0n) is 16.4. The van der Waals surface area contributed by atoms with Crippen LogP contribution in [-0.2, 0) is 19.3 Å². The Hall–Kier alpha value is -1.47. The maximum absolute atomic E-state index is 5.55. The fourth-order valence-corrected chi connectivity index (χ4v) is 5.59. The van der Waals surface area contributed by atoms with Crippen molar-refractivity contribution in [2.75, 3.05) is 37.6 Å². The summed E-state index contributed by atoms with van der Waals surface area (Å²) in [6.45, 7) is 9.10. The molecule has 0 unspecified atom stereocenters. The molecule has 7 heteroatoms. The van der Waals surface area contributed by atoms with Crippen molar-refractivity contribution in [1.29, 1.82) is 0 Å². The predicted molar refractivity (Wildman–Crippen MR) is 118 cm³/mol. The third-order valence-corrected chi connectivity index (χ3v) is 7.14. The van der Waals surface area contributed by atoms with E-state index in [0.717, 1.165) is 56.5 Å². The van der Waals surface area contributed by atoms with Crippen molar-refractivity contribution in [1.82, 2.24) is 20.2 Å². The van der Waals surface area contributed by atoms with Crippen LogP contribution >= 0.6 is 23.6 Å². The van der Waals surface area contributed by atoms with E-state index in [9.17, 15) is 0 Å². The van der Waals surface area contributed by atoms with Gasteiger partial charge in [0.2, 0.25) is 0 Å². The van der Waals surface area contributed by atoms with E-state index in [1.165, 1.54) is 47.3 Å². The van der Waals surface area contributed by atoms with E-state index in [0.29, 0.717) is 0 Å². The molecule has 2 aromatic rings. The average Bonchev–Trinajstić information content (AvgIpc) is 3.09. The highest BCUT2D eigenvalue weighted by molar-refractivity contribution is 7.80. The van der Waals surface area contributed by atoms with Crippen molar-refractivity contribution < 1.29 is 0 Å². The summed E-state index contributed by atoms with van der Waals surface area (Å²) in [7, 11) is 0. The standard InChI is InChI=1S/C20H29N5S2/c1-3-9-21-20(26)25-12-10-24(11-13-25)18-17-14-7-5-6-8-15(14)27-19(17)23-16(4-2)22-18/h3-13H2,1-2H3,(H,21,26). The molecule has 27 heavy (non-hydrogen) atoms. The number of rotatable bonds is 4. The summed E-state index contributed by atoms with van der Waals surface area (Å²) < 4.78 is 0. The van der Waals surface area contributed by atoms with E-state index < -0.39 is 0 Å². The van der Waals surface area contributed by atoms with Crippen molar-refractivity contribution >= 4 is 44.7 Å². The lowest BCUT2D eigenvalue weighted by Crippen LogP contribution is -2.52. The van der Waals surface area contributed by atoms with Crippen LogP contribution in [0.4, 0.5) is 5.82 Å². The lowest BCUT2D eigenvalue weighted by molar-refractivity contribution is 0.379. The van der Waals surface area contributed by atoms with E-state index in [4.69, 9.17) is 22.2 Å². The van der Waals surface area contributed by atoms with Gasteiger partial charge in [0.1, 0.15) is 16.5 Å². The van der Waals surface area contributed by atoms with E-state index in [2.05, 4.69) is 29.0 Å². The number of thiophene rings is 1. The Balaban J connectivity index is 1.60. The minimum absolute atomic E-state index is 0.885. The normalized spacial score (nSPS) is 17.3. The van der Waals surface area contributed by atoms with Crippen LogP contribution in [-0.4, -0.2) is 52.7 Å². The molecule has 0 amide bonds. The Kier molecular flexibility index (Phi) is 5.78. The van der Waals surface area contributed by atoms with Gasteiger partial charge < -0.3 is 15.1 Å². The topological polar surface area (TPSA) is 44.3 Å². The third kappa shape index (κ3) is 3.76. The minimum atomic E-state index is 0.885. The molecular weight excluding hydrogens is 374 g/mol. The number of anilines is 1. The molecule has 0 atom stereocenters. The van der Waals surface area contributed by atoms with Crippen molar-refractivity contribution in [2.45, 2.75) is 52.4 Å². The second-order valence-corrected chi connectivity index (χ2v) is 8.88. The van der Waals surface area contributed by atoms with Crippen molar-refractivity contribution in [3.05, 3.63) is 16.3 Å². The first-order valence-corrected chi connectivity index (χ1v) is 11.5. The summed E-state index contributed by atoms with van der Waals surface area (Å²) in [4.78, 5) is 17.4. The number of aryl methyl sites for hydroxylation is 3. The molecule has 146 valence electrons. The number of thiocarbonyl (C=S) groups is 1. The molecule has 0 aromatic carbocycles. The second kappa shape index (κ2) is 8.27. The van der Waals surface area contributed by atoms with Gasteiger partial charge in [0, 0.05) is 44.0 Å². The Morgan fingerprint density at radius 2 is 1.89 bits per heavy atom. The second-order valence-electron chi connectivity index (χ2n) is 7.41. The number of nitrogens with zero attached hydrogens (tertiary/aromatic N) is 4. The van der Waals surface area contributed by atoms with Gasteiger partial charge in [-0.15, -0.1) is 11.3 Å². The van der Waals surface area contributed by atoms with Gasteiger partial charge in [0.05, 0.1) is 5.39 Å². The summed E-state index contributed by atoms with van der Waals surface area (Å²) >= 11 is 7.45. The van der Waals surface area contributed by atoms with Crippen molar-refractivity contribution in [3.8, 4) is 0 Å². The van der Waals surface area contributed by atoms with Gasteiger partial charge in [-0.25, -0.2) is 9.97 Å². The monoisotopic (exact) mass is 403 g/mol. The molecule has 1 aliphatic heterocycles. The number of fused-ring (bicyclic) bond motifs is 3. The summed E-state index contributed by atoms with van der Waals surface area (Å²) in [5.41, 5.74) is 1.53. The van der Waals surface area contributed by atoms with Gasteiger partial charge in [-0.05, 0) is 49.9 Å². The van der Waals surface area contributed by atoms with Crippen LogP contribution < -0.4 is 10.2 Å². The van der Waals surface area contributed by atoms with Crippen LogP contribution in [0.5, 0.6) is 0 Å². The van der Waals surface area contributed by atoms with Crippen LogP contribution in [0.2, 0.25) is 0 Å². The lowest BCUT2D eigenvalue weighted by Gasteiger charge is -2.37. The first kappa shape index (κ1) is 18.9. The Labute approximate surface area is 171 Å². The van der Waals surface area contributed by atoms with E-state index in [-0.39, 0.29) is 0 Å². The van der Waals surface area contributed by atoms with Gasteiger partial charge in [0.15, 0.2) is 5.11 Å². The summed E-state index contributed by atoms with van der Waals surface area (Å²) in [6.07, 6.45) is 6.98. The largest absolute Gasteiger partial charge is 0.363 e. The zero-order chi connectivity index (χ0) is 18.8. The van der Waals surface area contributed by atoms with E-state index in [1.54, 1.807) is 4.88 Å². The molecule has 2 aliphatic rings. The summed E-state index contributed by atoms with van der Waals surface area (Å²) in [5.74, 6) is 2.14. The number of nitrogens with one attached hydrogen (secondary N) is 1. The smallest absolute Gasteiger partial charge is 0.169 e. The van der Waals surface area contributed by atoms with Gasteiger partial charge >= 0.3 is 0 Å². The molecule has 0 bridgehead atoms. The molecule has 0 radical (unpaired) electrons. The molecule has 1 aliphatic carbocycles. The van der Waals surface area contributed by atoms with Gasteiger partial charge in [0.25, 0.3) is 0 Å². The van der Waals surface area contributed by atoms with Gasteiger partial charge in [-0.2, -0.15) is 0 Å². The highest BCUT2D eigenvalue weighted by Crippen LogP contribution is 2.40.